The van der Waals surface area contributed by atoms with Crippen LogP contribution in [0.2, 0.25) is 0 Å². The average Bonchev–Trinajstić information content (AvgIpc) is 3.72. The zero-order valence-electron chi connectivity index (χ0n) is 50.8. The quantitative estimate of drug-likeness (QED) is 0.0166. The molecule has 0 saturated carbocycles. The predicted molar refractivity (Wildman–Crippen MR) is 319 cm³/mol. The van der Waals surface area contributed by atoms with Crippen LogP contribution in [0.1, 0.15) is 290 Å². The Balaban J connectivity index is 2.07. The molecule has 0 aromatic rings. The molecule has 14 nitrogen and oxygen atoms in total. The van der Waals surface area contributed by atoms with Crippen molar-refractivity contribution >= 4 is 17.9 Å². The molecule has 0 radical (unpaired) electrons. The molecule has 2 aliphatic heterocycles. The van der Waals surface area contributed by atoms with Gasteiger partial charge < -0.3 is 54.0 Å². The molecule has 0 aromatic heterocycles. The van der Waals surface area contributed by atoms with Gasteiger partial charge in [-0.15, -0.1) is 0 Å². The highest BCUT2D eigenvalue weighted by Gasteiger charge is 2.62. The van der Waals surface area contributed by atoms with Crippen molar-refractivity contribution in [1.29, 1.82) is 0 Å². The third-order valence-corrected chi connectivity index (χ3v) is 15.7. The van der Waals surface area contributed by atoms with Crippen LogP contribution in [0.25, 0.3) is 0 Å². The van der Waals surface area contributed by atoms with Crippen LogP contribution in [-0.2, 0) is 42.8 Å². The van der Waals surface area contributed by atoms with Crippen molar-refractivity contribution in [2.24, 2.45) is 0 Å². The van der Waals surface area contributed by atoms with Crippen molar-refractivity contribution in [2.75, 3.05) is 19.8 Å². The van der Waals surface area contributed by atoms with Crippen LogP contribution < -0.4 is 0 Å². The highest BCUT2D eigenvalue weighted by Crippen LogP contribution is 2.39. The predicted octanol–water partition coefficient (Wildman–Crippen LogP) is 14.4. The van der Waals surface area contributed by atoms with Gasteiger partial charge in [0.15, 0.2) is 18.3 Å². The van der Waals surface area contributed by atoms with Crippen LogP contribution in [0.15, 0.2) is 36.5 Å². The number of allylic oxidation sites excluding steroid dienone is 6. The molecular formula is C66H118O14. The molecule has 14 heteroatoms. The first-order valence-corrected chi connectivity index (χ1v) is 32.8. The molecule has 0 bridgehead atoms. The second-order valence-electron chi connectivity index (χ2n) is 23.0. The minimum absolute atomic E-state index is 0.0000234. The van der Waals surface area contributed by atoms with Gasteiger partial charge in [-0.2, -0.15) is 0 Å². The fourth-order valence-electron chi connectivity index (χ4n) is 10.6. The van der Waals surface area contributed by atoms with Crippen molar-refractivity contribution in [2.45, 2.75) is 345 Å². The van der Waals surface area contributed by atoms with E-state index in [0.717, 1.165) is 116 Å². The molecule has 5 N–H and O–H groups in total. The molecular weight excluding hydrogens is 1020 g/mol. The Labute approximate surface area is 486 Å². The van der Waals surface area contributed by atoms with Gasteiger partial charge in [-0.3, -0.25) is 14.4 Å². The normalized spacial score (nSPS) is 23.2. The van der Waals surface area contributed by atoms with Crippen molar-refractivity contribution < 1.29 is 68.3 Å². The summed E-state index contributed by atoms with van der Waals surface area (Å²) in [7, 11) is 0. The number of carbonyl (C=O) groups excluding carboxylic acids is 3. The summed E-state index contributed by atoms with van der Waals surface area (Å²) in [4.78, 5) is 40.6. The first kappa shape index (κ1) is 73.4. The van der Waals surface area contributed by atoms with E-state index < -0.39 is 92.5 Å². The number of ether oxygens (including phenoxy) is 6. The van der Waals surface area contributed by atoms with Gasteiger partial charge >= 0.3 is 17.9 Å². The van der Waals surface area contributed by atoms with E-state index >= 15 is 0 Å². The van der Waals surface area contributed by atoms with Crippen LogP contribution in [0, 0.1) is 0 Å². The summed E-state index contributed by atoms with van der Waals surface area (Å²) in [6.07, 6.45) is 43.4. The molecule has 9 atom stereocenters. The third kappa shape index (κ3) is 33.6. The summed E-state index contributed by atoms with van der Waals surface area (Å²) in [5.41, 5.74) is 0. The number of hydrogen-bond acceptors (Lipinski definition) is 14. The van der Waals surface area contributed by atoms with E-state index in [4.69, 9.17) is 28.4 Å². The molecule has 2 fully saturated rings. The number of aliphatic hydroxyl groups excluding tert-OH is 5. The van der Waals surface area contributed by atoms with E-state index in [2.05, 4.69) is 57.2 Å². The first-order valence-electron chi connectivity index (χ1n) is 32.8. The van der Waals surface area contributed by atoms with Gasteiger partial charge in [0.05, 0.1) is 13.2 Å². The Bertz CT molecular complexity index is 1590. The van der Waals surface area contributed by atoms with Crippen LogP contribution in [0.4, 0.5) is 0 Å². The highest BCUT2D eigenvalue weighted by atomic mass is 16.8. The topological polar surface area (TPSA) is 208 Å². The van der Waals surface area contributed by atoms with Gasteiger partial charge in [0, 0.05) is 19.3 Å². The highest BCUT2D eigenvalue weighted by molar-refractivity contribution is 5.71. The molecule has 0 aromatic carbocycles. The van der Waals surface area contributed by atoms with Crippen LogP contribution in [0.5, 0.6) is 0 Å². The molecule has 2 rings (SSSR count). The summed E-state index contributed by atoms with van der Waals surface area (Å²) in [6.45, 7) is 4.19. The van der Waals surface area contributed by atoms with E-state index in [-0.39, 0.29) is 19.3 Å². The zero-order valence-corrected chi connectivity index (χ0v) is 50.8. The fourth-order valence-corrected chi connectivity index (χ4v) is 10.6. The molecule has 80 heavy (non-hydrogen) atoms. The molecule has 0 amide bonds. The summed E-state index contributed by atoms with van der Waals surface area (Å²) >= 11 is 0. The second kappa shape index (κ2) is 49.7. The summed E-state index contributed by atoms with van der Waals surface area (Å²) in [5.74, 6) is -4.40. The van der Waals surface area contributed by atoms with Gasteiger partial charge in [-0.1, -0.05) is 211 Å². The minimum Gasteiger partial charge on any atom is -0.455 e. The maximum atomic E-state index is 13.7. The minimum atomic E-state index is -2.37. The number of carbonyl (C=O) groups is 3. The van der Waals surface area contributed by atoms with E-state index in [1.54, 1.807) is 0 Å². The summed E-state index contributed by atoms with van der Waals surface area (Å²) < 4.78 is 36.0. The van der Waals surface area contributed by atoms with Gasteiger partial charge in [0.25, 0.3) is 0 Å². The third-order valence-electron chi connectivity index (χ3n) is 15.7. The van der Waals surface area contributed by atoms with Crippen molar-refractivity contribution in [1.82, 2.24) is 0 Å². The molecule has 0 aliphatic carbocycles. The zero-order chi connectivity index (χ0) is 58.2. The molecule has 0 unspecified atom stereocenters. The Morgan fingerprint density at radius 3 is 1.05 bits per heavy atom. The summed E-state index contributed by atoms with van der Waals surface area (Å²) in [5, 5.41) is 54.6. The Morgan fingerprint density at radius 1 is 0.400 bits per heavy atom. The summed E-state index contributed by atoms with van der Waals surface area (Å²) in [6, 6.07) is 0. The molecule has 2 aliphatic rings. The number of unbranched alkanes of at least 4 members (excludes halogenated alkanes) is 33. The number of rotatable bonds is 53. The van der Waals surface area contributed by atoms with Gasteiger partial charge in [0.1, 0.15) is 31.0 Å². The lowest BCUT2D eigenvalue weighted by Gasteiger charge is -2.45. The lowest BCUT2D eigenvalue weighted by molar-refractivity contribution is -0.384. The number of aliphatic hydroxyl groups is 5. The number of hydrogen-bond donors (Lipinski definition) is 5. The molecule has 466 valence electrons. The smallest absolute Gasteiger partial charge is 0.306 e. The monoisotopic (exact) mass is 1130 g/mol. The maximum absolute atomic E-state index is 13.7. The van der Waals surface area contributed by atoms with E-state index in [1.807, 2.05) is 0 Å². The van der Waals surface area contributed by atoms with Crippen LogP contribution in [0.3, 0.4) is 0 Å². The average molecular weight is 1140 g/mol. The van der Waals surface area contributed by atoms with E-state index in [0.29, 0.717) is 19.3 Å². The van der Waals surface area contributed by atoms with Crippen LogP contribution >= 0.6 is 0 Å². The molecule has 2 heterocycles. The lowest BCUT2D eigenvalue weighted by Crippen LogP contribution is -2.64. The largest absolute Gasteiger partial charge is 0.455 e. The Hall–Kier alpha value is -2.69. The van der Waals surface area contributed by atoms with Gasteiger partial charge in [-0.05, 0) is 96.3 Å². The maximum Gasteiger partial charge on any atom is 0.306 e. The Morgan fingerprint density at radius 2 is 0.713 bits per heavy atom. The standard InChI is InChI=1S/C66H118O14/c1-4-7-10-13-16-19-22-25-28-31-34-37-40-43-46-49-57(70)76-62-60(73)55(52-67)75-65(63(62)77-58(71)50-47-44-41-38-35-32-29-26-23-20-17-14-11-8-5-2)80-66(54-69)64(61(74)56(53-68)79-66)78-59(72)51-48-45-42-39-36-33-30-27-24-21-18-15-12-9-6-3/h25-30,55-56,60-65,67-69,73-74H,4-24,31-54H2,1-3H3/b28-25-,29-26-,30-27-/t55-,56-,60-,61-,62+,63-,64+,65-,66+/m1/s1. The van der Waals surface area contributed by atoms with Crippen LogP contribution in [-0.4, -0.2) is 118 Å². The SMILES string of the molecule is CCCCCCCC/C=C\CCCCCCCC(=O)O[C@H]1[C@@H](O[C@]2(CO)O[C@H](CO)[C@@H](O)[C@@H]2OC(=O)CCCCCCC/C=C\CCCCCCCC)O[C@H](CO)[C@@H](O)[C@@H]1OC(=O)CCCCCCC/C=C\CCCCCCCC. The first-order chi connectivity index (χ1) is 39.1. The molecule has 0 spiro atoms. The fraction of sp³-hybridized carbons (Fsp3) is 0.864. The van der Waals surface area contributed by atoms with Crippen molar-refractivity contribution in [3.05, 3.63) is 36.5 Å². The molecule has 2 saturated heterocycles. The van der Waals surface area contributed by atoms with E-state index in [1.165, 1.54) is 116 Å². The number of esters is 3. The Kier molecular flexibility index (Phi) is 45.6. The second-order valence-corrected chi connectivity index (χ2v) is 23.0. The van der Waals surface area contributed by atoms with E-state index in [9.17, 15) is 39.9 Å². The van der Waals surface area contributed by atoms with Gasteiger partial charge in [0.2, 0.25) is 12.1 Å². The van der Waals surface area contributed by atoms with Crippen molar-refractivity contribution in [3.63, 3.8) is 0 Å². The van der Waals surface area contributed by atoms with Gasteiger partial charge in [-0.25, -0.2) is 0 Å². The van der Waals surface area contributed by atoms with Crippen molar-refractivity contribution in [3.8, 4) is 0 Å². The lowest BCUT2D eigenvalue weighted by atomic mass is 9.97.